The van der Waals surface area contributed by atoms with E-state index < -0.39 is 6.10 Å². The lowest BCUT2D eigenvalue weighted by Crippen LogP contribution is -2.32. The van der Waals surface area contributed by atoms with Crippen molar-refractivity contribution in [3.63, 3.8) is 0 Å². The highest BCUT2D eigenvalue weighted by Gasteiger charge is 2.41. The van der Waals surface area contributed by atoms with Gasteiger partial charge in [-0.05, 0) is 52.7 Å². The summed E-state index contributed by atoms with van der Waals surface area (Å²) in [5.41, 5.74) is 6.48. The molecule has 0 saturated carbocycles. The van der Waals surface area contributed by atoms with Gasteiger partial charge in [0.05, 0.1) is 18.4 Å². The van der Waals surface area contributed by atoms with Gasteiger partial charge in [-0.1, -0.05) is 59.2 Å². The second-order valence-corrected chi connectivity index (χ2v) is 8.32. The minimum atomic E-state index is -0.423. The van der Waals surface area contributed by atoms with Gasteiger partial charge < -0.3 is 14.8 Å². The molecule has 0 saturated heterocycles. The van der Waals surface area contributed by atoms with Gasteiger partial charge in [0.25, 0.3) is 0 Å². The number of tetrazole rings is 1. The van der Waals surface area contributed by atoms with E-state index in [9.17, 15) is 4.79 Å². The predicted molar refractivity (Wildman–Crippen MR) is 125 cm³/mol. The van der Waals surface area contributed by atoms with E-state index in [1.807, 2.05) is 36.4 Å². The SMILES string of the molecule is COC(=O)c1ccc([C@@H]2Oc3ccccc3C3=C2[C@H](c2ccc(C)cc2)n2nnnc2N3)cc1. The topological polar surface area (TPSA) is 91.2 Å². The number of hydrogen-bond acceptors (Lipinski definition) is 7. The van der Waals surface area contributed by atoms with Crippen LogP contribution in [0.1, 0.15) is 44.8 Å². The van der Waals surface area contributed by atoms with Gasteiger partial charge in [-0.25, -0.2) is 4.79 Å². The lowest BCUT2D eigenvalue weighted by Gasteiger charge is -2.38. The molecule has 2 atom stereocenters. The van der Waals surface area contributed by atoms with Crippen molar-refractivity contribution in [1.82, 2.24) is 20.2 Å². The van der Waals surface area contributed by atoms with Crippen LogP contribution in [0.15, 0.2) is 78.4 Å². The Labute approximate surface area is 195 Å². The molecule has 168 valence electrons. The highest BCUT2D eigenvalue weighted by atomic mass is 16.5. The van der Waals surface area contributed by atoms with Crippen molar-refractivity contribution in [3.05, 3.63) is 106 Å². The maximum absolute atomic E-state index is 12.0. The Morgan fingerprint density at radius 1 is 1.00 bits per heavy atom. The number of nitrogens with zero attached hydrogens (tertiary/aromatic N) is 4. The second kappa shape index (κ2) is 7.84. The lowest BCUT2D eigenvalue weighted by molar-refractivity contribution is 0.0600. The van der Waals surface area contributed by atoms with Crippen LogP contribution in [0.25, 0.3) is 5.70 Å². The van der Waals surface area contributed by atoms with Gasteiger partial charge in [0.1, 0.15) is 17.9 Å². The summed E-state index contributed by atoms with van der Waals surface area (Å²) >= 11 is 0. The van der Waals surface area contributed by atoms with Crippen molar-refractivity contribution in [2.75, 3.05) is 12.4 Å². The third kappa shape index (κ3) is 3.14. The van der Waals surface area contributed by atoms with E-state index in [1.165, 1.54) is 12.7 Å². The quantitative estimate of drug-likeness (QED) is 0.464. The number of anilines is 1. The number of fused-ring (bicyclic) bond motifs is 3. The molecule has 6 rings (SSSR count). The number of carbonyl (C=O) groups excluding carboxylic acids is 1. The first-order valence-corrected chi connectivity index (χ1v) is 10.9. The Morgan fingerprint density at radius 2 is 1.74 bits per heavy atom. The first-order valence-electron chi connectivity index (χ1n) is 10.9. The molecule has 3 aromatic carbocycles. The standard InChI is InChI=1S/C26H21N5O3/c1-15-7-9-16(10-8-15)23-21-22(27-26-28-29-30-31(23)26)19-5-3-4-6-20(19)34-24(21)17-11-13-18(14-12-17)25(32)33-2/h3-14,23-24H,1-2H3,(H,27,28,30)/t23-,24-/m0/s1. The highest BCUT2D eigenvalue weighted by molar-refractivity contribution is 5.89. The lowest BCUT2D eigenvalue weighted by atomic mass is 9.84. The van der Waals surface area contributed by atoms with Gasteiger partial charge in [-0.3, -0.25) is 0 Å². The highest BCUT2D eigenvalue weighted by Crippen LogP contribution is 2.50. The number of para-hydroxylation sites is 1. The summed E-state index contributed by atoms with van der Waals surface area (Å²) in [6, 6.07) is 23.3. The molecule has 0 fully saturated rings. The fraction of sp³-hybridized carbons (Fsp3) is 0.154. The van der Waals surface area contributed by atoms with Gasteiger partial charge in [-0.15, -0.1) is 0 Å². The largest absolute Gasteiger partial charge is 0.480 e. The first kappa shape index (κ1) is 20.2. The number of aromatic nitrogens is 4. The number of hydrogen-bond donors (Lipinski definition) is 1. The Morgan fingerprint density at radius 3 is 2.50 bits per heavy atom. The normalized spacial score (nSPS) is 18.2. The van der Waals surface area contributed by atoms with Crippen LogP contribution in [-0.4, -0.2) is 33.3 Å². The summed E-state index contributed by atoms with van der Waals surface area (Å²) in [6.45, 7) is 2.06. The first-order chi connectivity index (χ1) is 16.6. The zero-order chi connectivity index (χ0) is 23.2. The number of carbonyl (C=O) groups is 1. The van der Waals surface area contributed by atoms with Crippen LogP contribution in [0.3, 0.4) is 0 Å². The van der Waals surface area contributed by atoms with Crippen LogP contribution in [0.5, 0.6) is 5.75 Å². The molecule has 0 radical (unpaired) electrons. The number of nitrogens with one attached hydrogen (secondary N) is 1. The molecule has 0 amide bonds. The Kier molecular flexibility index (Phi) is 4.65. The molecule has 8 nitrogen and oxygen atoms in total. The molecule has 1 N–H and O–H groups in total. The third-order valence-corrected chi connectivity index (χ3v) is 6.27. The average Bonchev–Trinajstić information content (AvgIpc) is 3.35. The van der Waals surface area contributed by atoms with Crippen LogP contribution in [0.4, 0.5) is 5.95 Å². The molecule has 34 heavy (non-hydrogen) atoms. The minimum Gasteiger partial charge on any atom is -0.480 e. The molecule has 2 aliphatic heterocycles. The van der Waals surface area contributed by atoms with Crippen molar-refractivity contribution in [2.45, 2.75) is 19.1 Å². The molecule has 3 heterocycles. The molecule has 1 aromatic heterocycles. The fourth-order valence-corrected chi connectivity index (χ4v) is 4.59. The summed E-state index contributed by atoms with van der Waals surface area (Å²) in [7, 11) is 1.37. The Bertz CT molecular complexity index is 1420. The molecule has 8 heteroatoms. The number of ether oxygens (including phenoxy) is 2. The van der Waals surface area contributed by atoms with Crippen LogP contribution in [-0.2, 0) is 4.74 Å². The summed E-state index contributed by atoms with van der Waals surface area (Å²) < 4.78 is 13.2. The average molecular weight is 451 g/mol. The van der Waals surface area contributed by atoms with Gasteiger partial charge in [-0.2, -0.15) is 4.68 Å². The number of rotatable bonds is 3. The van der Waals surface area contributed by atoms with Crippen molar-refractivity contribution < 1.29 is 14.3 Å². The zero-order valence-electron chi connectivity index (χ0n) is 18.6. The molecule has 0 bridgehead atoms. The van der Waals surface area contributed by atoms with E-state index in [0.29, 0.717) is 11.5 Å². The van der Waals surface area contributed by atoms with Crippen molar-refractivity contribution >= 4 is 17.6 Å². The van der Waals surface area contributed by atoms with E-state index in [4.69, 9.17) is 9.47 Å². The van der Waals surface area contributed by atoms with Gasteiger partial charge in [0, 0.05) is 11.1 Å². The molecule has 0 aliphatic carbocycles. The van der Waals surface area contributed by atoms with Gasteiger partial charge in [0.15, 0.2) is 0 Å². The maximum atomic E-state index is 12.0. The smallest absolute Gasteiger partial charge is 0.337 e. The Balaban J connectivity index is 1.56. The Hall–Kier alpha value is -4.46. The minimum absolute atomic E-state index is 0.277. The van der Waals surface area contributed by atoms with Crippen molar-refractivity contribution in [1.29, 1.82) is 0 Å². The van der Waals surface area contributed by atoms with Crippen molar-refractivity contribution in [2.24, 2.45) is 0 Å². The zero-order valence-corrected chi connectivity index (χ0v) is 18.6. The predicted octanol–water partition coefficient (Wildman–Crippen LogP) is 4.33. The summed E-state index contributed by atoms with van der Waals surface area (Å²) in [6.07, 6.45) is -0.423. The van der Waals surface area contributed by atoms with Crippen LogP contribution in [0.2, 0.25) is 0 Å². The summed E-state index contributed by atoms with van der Waals surface area (Å²) in [5.74, 6) is 0.955. The number of benzene rings is 3. The van der Waals surface area contributed by atoms with E-state index >= 15 is 0 Å². The van der Waals surface area contributed by atoms with Gasteiger partial charge in [0.2, 0.25) is 5.95 Å². The number of aryl methyl sites for hydroxylation is 1. The molecular formula is C26H21N5O3. The number of methoxy groups -OCH3 is 1. The van der Waals surface area contributed by atoms with E-state index in [2.05, 4.69) is 52.0 Å². The van der Waals surface area contributed by atoms with Crippen LogP contribution < -0.4 is 10.1 Å². The van der Waals surface area contributed by atoms with E-state index in [0.717, 1.165) is 33.7 Å². The monoisotopic (exact) mass is 451 g/mol. The number of esters is 1. The maximum Gasteiger partial charge on any atom is 0.337 e. The molecule has 0 spiro atoms. The van der Waals surface area contributed by atoms with Crippen LogP contribution >= 0.6 is 0 Å². The fourth-order valence-electron chi connectivity index (χ4n) is 4.59. The van der Waals surface area contributed by atoms with Crippen molar-refractivity contribution in [3.8, 4) is 5.75 Å². The second-order valence-electron chi connectivity index (χ2n) is 8.32. The van der Waals surface area contributed by atoms with E-state index in [1.54, 1.807) is 16.8 Å². The molecule has 2 aliphatic rings. The van der Waals surface area contributed by atoms with Crippen LogP contribution in [0, 0.1) is 6.92 Å². The van der Waals surface area contributed by atoms with Gasteiger partial charge >= 0.3 is 5.97 Å². The molecule has 0 unspecified atom stereocenters. The third-order valence-electron chi connectivity index (χ3n) is 6.27. The molecule has 4 aromatic rings. The molecular weight excluding hydrogens is 430 g/mol. The van der Waals surface area contributed by atoms with E-state index in [-0.39, 0.29) is 12.0 Å². The summed E-state index contributed by atoms with van der Waals surface area (Å²) in [5, 5.41) is 15.9. The summed E-state index contributed by atoms with van der Waals surface area (Å²) in [4.78, 5) is 12.0.